The average Bonchev–Trinajstić information content (AvgIpc) is 2.38. The SMILES string of the molecule is Clc1cncc(C2=CC3CNCCC3CC2)c1. The van der Waals surface area contributed by atoms with Gasteiger partial charge in [-0.05, 0) is 54.8 Å². The van der Waals surface area contributed by atoms with E-state index < -0.39 is 0 Å². The molecular weight excluding hydrogens is 232 g/mol. The van der Waals surface area contributed by atoms with E-state index >= 15 is 0 Å². The first-order chi connectivity index (χ1) is 8.33. The van der Waals surface area contributed by atoms with Crippen LogP contribution in [0.25, 0.3) is 5.57 Å². The fourth-order valence-corrected chi connectivity index (χ4v) is 3.17. The highest BCUT2D eigenvalue weighted by Crippen LogP contribution is 2.36. The molecule has 1 aromatic heterocycles. The van der Waals surface area contributed by atoms with Gasteiger partial charge in [-0.1, -0.05) is 17.7 Å². The molecule has 0 saturated carbocycles. The summed E-state index contributed by atoms with van der Waals surface area (Å²) in [5, 5.41) is 4.21. The molecule has 1 aliphatic heterocycles. The van der Waals surface area contributed by atoms with Gasteiger partial charge in [-0.2, -0.15) is 0 Å². The molecular formula is C14H17ClN2. The van der Waals surface area contributed by atoms with Gasteiger partial charge in [-0.3, -0.25) is 4.98 Å². The highest BCUT2D eigenvalue weighted by molar-refractivity contribution is 6.30. The van der Waals surface area contributed by atoms with Crippen LogP contribution >= 0.6 is 11.6 Å². The van der Waals surface area contributed by atoms with Crippen molar-refractivity contribution >= 4 is 17.2 Å². The fourth-order valence-electron chi connectivity index (χ4n) is 3.00. The number of halogens is 1. The summed E-state index contributed by atoms with van der Waals surface area (Å²) in [6.07, 6.45) is 9.86. The van der Waals surface area contributed by atoms with Gasteiger partial charge in [-0.25, -0.2) is 0 Å². The van der Waals surface area contributed by atoms with E-state index in [4.69, 9.17) is 11.6 Å². The molecule has 1 saturated heterocycles. The van der Waals surface area contributed by atoms with Crippen molar-refractivity contribution in [3.8, 4) is 0 Å². The molecule has 0 radical (unpaired) electrons. The molecule has 0 spiro atoms. The van der Waals surface area contributed by atoms with Crippen molar-refractivity contribution in [2.24, 2.45) is 11.8 Å². The summed E-state index contributed by atoms with van der Waals surface area (Å²) < 4.78 is 0. The number of rotatable bonds is 1. The maximum Gasteiger partial charge on any atom is 0.0595 e. The van der Waals surface area contributed by atoms with Crippen LogP contribution in [0.5, 0.6) is 0 Å². The van der Waals surface area contributed by atoms with Gasteiger partial charge in [0.15, 0.2) is 0 Å². The van der Waals surface area contributed by atoms with Crippen molar-refractivity contribution < 1.29 is 0 Å². The van der Waals surface area contributed by atoms with E-state index in [2.05, 4.69) is 16.4 Å². The van der Waals surface area contributed by atoms with Gasteiger partial charge >= 0.3 is 0 Å². The van der Waals surface area contributed by atoms with E-state index in [0.717, 1.165) is 17.5 Å². The third kappa shape index (κ3) is 2.38. The molecule has 1 fully saturated rings. The molecule has 1 aromatic rings. The van der Waals surface area contributed by atoms with Crippen LogP contribution in [0, 0.1) is 11.8 Å². The molecule has 2 nitrogen and oxygen atoms in total. The van der Waals surface area contributed by atoms with Gasteiger partial charge in [0.25, 0.3) is 0 Å². The second-order valence-electron chi connectivity index (χ2n) is 5.04. The maximum absolute atomic E-state index is 6.00. The van der Waals surface area contributed by atoms with Crippen LogP contribution in [-0.4, -0.2) is 18.1 Å². The summed E-state index contributed by atoms with van der Waals surface area (Å²) in [5.74, 6) is 1.58. The van der Waals surface area contributed by atoms with Crippen LogP contribution in [0.4, 0.5) is 0 Å². The zero-order chi connectivity index (χ0) is 11.7. The van der Waals surface area contributed by atoms with Crippen molar-refractivity contribution in [2.75, 3.05) is 13.1 Å². The zero-order valence-corrected chi connectivity index (χ0v) is 10.6. The van der Waals surface area contributed by atoms with Gasteiger partial charge in [-0.15, -0.1) is 0 Å². The Labute approximate surface area is 107 Å². The summed E-state index contributed by atoms with van der Waals surface area (Å²) in [6, 6.07) is 2.02. The lowest BCUT2D eigenvalue weighted by molar-refractivity contribution is 0.279. The van der Waals surface area contributed by atoms with Crippen LogP contribution < -0.4 is 5.32 Å². The molecule has 0 bridgehead atoms. The number of nitrogens with zero attached hydrogens (tertiary/aromatic N) is 1. The number of pyridine rings is 1. The van der Waals surface area contributed by atoms with Crippen molar-refractivity contribution in [1.82, 2.24) is 10.3 Å². The number of nitrogens with one attached hydrogen (secondary N) is 1. The zero-order valence-electron chi connectivity index (χ0n) is 9.82. The molecule has 90 valence electrons. The molecule has 3 rings (SSSR count). The summed E-state index contributed by atoms with van der Waals surface area (Å²) >= 11 is 6.00. The lowest BCUT2D eigenvalue weighted by Crippen LogP contribution is -2.37. The Morgan fingerprint density at radius 3 is 3.12 bits per heavy atom. The molecule has 3 heteroatoms. The molecule has 0 aromatic carbocycles. The fraction of sp³-hybridized carbons (Fsp3) is 0.500. The van der Waals surface area contributed by atoms with Crippen LogP contribution in [0.2, 0.25) is 5.02 Å². The van der Waals surface area contributed by atoms with Gasteiger partial charge in [0.1, 0.15) is 0 Å². The Balaban J connectivity index is 1.86. The Morgan fingerprint density at radius 1 is 1.29 bits per heavy atom. The number of hydrogen-bond donors (Lipinski definition) is 1. The van der Waals surface area contributed by atoms with Crippen molar-refractivity contribution in [3.63, 3.8) is 0 Å². The minimum Gasteiger partial charge on any atom is -0.316 e. The molecule has 17 heavy (non-hydrogen) atoms. The van der Waals surface area contributed by atoms with Crippen molar-refractivity contribution in [2.45, 2.75) is 19.3 Å². The van der Waals surface area contributed by atoms with Gasteiger partial charge in [0.05, 0.1) is 5.02 Å². The Hall–Kier alpha value is -0.860. The van der Waals surface area contributed by atoms with E-state index in [1.165, 1.54) is 36.9 Å². The minimum absolute atomic E-state index is 0.700. The average molecular weight is 249 g/mol. The lowest BCUT2D eigenvalue weighted by Gasteiger charge is -2.34. The number of allylic oxidation sites excluding steroid dienone is 1. The van der Waals surface area contributed by atoms with Gasteiger partial charge < -0.3 is 5.32 Å². The molecule has 2 unspecified atom stereocenters. The lowest BCUT2D eigenvalue weighted by atomic mass is 9.76. The smallest absolute Gasteiger partial charge is 0.0595 e. The highest BCUT2D eigenvalue weighted by Gasteiger charge is 2.27. The topological polar surface area (TPSA) is 24.9 Å². The normalized spacial score (nSPS) is 28.4. The molecule has 1 N–H and O–H groups in total. The maximum atomic E-state index is 6.00. The third-order valence-electron chi connectivity index (χ3n) is 3.95. The predicted molar refractivity (Wildman–Crippen MR) is 70.9 cm³/mol. The van der Waals surface area contributed by atoms with Crippen LogP contribution in [0.1, 0.15) is 24.8 Å². The summed E-state index contributed by atoms with van der Waals surface area (Å²) in [6.45, 7) is 2.31. The van der Waals surface area contributed by atoms with Gasteiger partial charge in [0.2, 0.25) is 0 Å². The van der Waals surface area contributed by atoms with Crippen LogP contribution in [0.3, 0.4) is 0 Å². The van der Waals surface area contributed by atoms with Gasteiger partial charge in [0, 0.05) is 18.9 Å². The molecule has 2 atom stereocenters. The first-order valence-electron chi connectivity index (χ1n) is 6.35. The standard InChI is InChI=1S/C14H17ClN2/c15-14-6-13(8-17-9-14)11-2-1-10-3-4-16-7-12(10)5-11/h5-6,8-10,12,16H,1-4,7H2. The number of aromatic nitrogens is 1. The Kier molecular flexibility index (Phi) is 3.17. The number of hydrogen-bond acceptors (Lipinski definition) is 2. The van der Waals surface area contributed by atoms with E-state index in [1.807, 2.05) is 12.3 Å². The number of piperidine rings is 1. The summed E-state index contributed by atoms with van der Waals surface area (Å²) in [5.41, 5.74) is 2.62. The second-order valence-corrected chi connectivity index (χ2v) is 5.48. The van der Waals surface area contributed by atoms with E-state index in [9.17, 15) is 0 Å². The number of fused-ring (bicyclic) bond motifs is 1. The molecule has 0 amide bonds. The van der Waals surface area contributed by atoms with E-state index in [1.54, 1.807) is 6.20 Å². The Bertz CT molecular complexity index is 442. The van der Waals surface area contributed by atoms with E-state index in [-0.39, 0.29) is 0 Å². The molecule has 2 heterocycles. The predicted octanol–water partition coefficient (Wildman–Crippen LogP) is 3.14. The first kappa shape index (κ1) is 11.2. The largest absolute Gasteiger partial charge is 0.316 e. The Morgan fingerprint density at radius 2 is 2.24 bits per heavy atom. The third-order valence-corrected chi connectivity index (χ3v) is 4.16. The van der Waals surface area contributed by atoms with Crippen LogP contribution in [0.15, 0.2) is 24.5 Å². The van der Waals surface area contributed by atoms with Crippen molar-refractivity contribution in [3.05, 3.63) is 35.1 Å². The first-order valence-corrected chi connectivity index (χ1v) is 6.73. The monoisotopic (exact) mass is 248 g/mol. The molecule has 2 aliphatic rings. The minimum atomic E-state index is 0.700. The molecule has 1 aliphatic carbocycles. The van der Waals surface area contributed by atoms with Crippen LogP contribution in [-0.2, 0) is 0 Å². The summed E-state index contributed by atoms with van der Waals surface area (Å²) in [4.78, 5) is 4.18. The second kappa shape index (κ2) is 4.79. The highest BCUT2D eigenvalue weighted by atomic mass is 35.5. The quantitative estimate of drug-likeness (QED) is 0.826. The summed E-state index contributed by atoms with van der Waals surface area (Å²) in [7, 11) is 0. The van der Waals surface area contributed by atoms with Crippen molar-refractivity contribution in [1.29, 1.82) is 0 Å². The van der Waals surface area contributed by atoms with E-state index in [0.29, 0.717) is 5.92 Å².